The molecule has 0 saturated carbocycles. The molecule has 0 saturated heterocycles. The first-order chi connectivity index (χ1) is 20.7. The van der Waals surface area contributed by atoms with Gasteiger partial charge in [0, 0.05) is 30.7 Å². The van der Waals surface area contributed by atoms with Crippen molar-refractivity contribution in [2.24, 2.45) is 0 Å². The average molecular weight is 581 g/mol. The van der Waals surface area contributed by atoms with Crippen LogP contribution in [0.2, 0.25) is 0 Å². The van der Waals surface area contributed by atoms with Crippen LogP contribution in [0.3, 0.4) is 0 Å². The van der Waals surface area contributed by atoms with E-state index in [1.165, 1.54) is 31.4 Å². The Morgan fingerprint density at radius 2 is 1.81 bits per heavy atom. The number of methoxy groups -OCH3 is 1. The summed E-state index contributed by atoms with van der Waals surface area (Å²) in [6.07, 6.45) is -0.804. The highest BCUT2D eigenvalue weighted by Crippen LogP contribution is 2.25. The maximum Gasteiger partial charge on any atom is 0.335 e. The third-order valence-corrected chi connectivity index (χ3v) is 6.88. The number of halogens is 1. The van der Waals surface area contributed by atoms with Gasteiger partial charge >= 0.3 is 11.9 Å². The molecule has 0 amide bonds. The van der Waals surface area contributed by atoms with Gasteiger partial charge in [0.1, 0.15) is 18.2 Å². The highest BCUT2D eigenvalue weighted by Gasteiger charge is 2.22. The second-order valence-corrected chi connectivity index (χ2v) is 9.65. The average Bonchev–Trinajstić information content (AvgIpc) is 3.35. The number of aromatic nitrogens is 3. The van der Waals surface area contributed by atoms with Crippen LogP contribution >= 0.6 is 0 Å². The quantitative estimate of drug-likeness (QED) is 0.218. The van der Waals surface area contributed by atoms with E-state index in [1.807, 2.05) is 36.4 Å². The molecule has 2 heterocycles. The molecule has 5 rings (SSSR count). The third-order valence-electron chi connectivity index (χ3n) is 6.88. The van der Waals surface area contributed by atoms with Gasteiger partial charge in [0.25, 0.3) is 0 Å². The van der Waals surface area contributed by atoms with Crippen molar-refractivity contribution in [3.8, 4) is 23.2 Å². The van der Waals surface area contributed by atoms with Crippen molar-refractivity contribution >= 4 is 23.0 Å². The fraction of sp³-hybridized carbons (Fsp3) is 0.156. The Kier molecular flexibility index (Phi) is 8.41. The summed E-state index contributed by atoms with van der Waals surface area (Å²) >= 11 is 0. The van der Waals surface area contributed by atoms with Gasteiger partial charge < -0.3 is 24.3 Å². The first-order valence-corrected chi connectivity index (χ1v) is 13.1. The molecule has 0 aliphatic rings. The SMILES string of the molecule is CO[C@@H](Cn1c(Cc2ccc(-c3cccc(OCc4ccc(C#N)cc4F)n3)cc2)nc2ccc(C(=O)O)cc21)C(=O)O. The number of nitriles is 1. The molecule has 0 aliphatic heterocycles. The molecule has 10 nitrogen and oxygen atoms in total. The standard InChI is InChI=1S/C32H25FN4O6/c1-42-28(32(40)41)17-37-27-15-22(31(38)39)11-12-26(27)35-29(37)14-19-5-8-21(9-6-19)25-3-2-4-30(36-25)43-18-23-10-7-20(16-34)13-24(23)33/h2-13,15,28H,14,17-18H2,1H3,(H,38,39)(H,40,41)/t28-/m0/s1. The topological polar surface area (TPSA) is 148 Å². The van der Waals surface area contributed by atoms with Crippen LogP contribution in [0.4, 0.5) is 4.39 Å². The molecule has 3 aromatic carbocycles. The molecule has 0 unspecified atom stereocenters. The Balaban J connectivity index is 1.36. The number of carboxylic acids is 2. The van der Waals surface area contributed by atoms with E-state index in [-0.39, 0.29) is 24.3 Å². The minimum absolute atomic E-state index is 0.0479. The maximum atomic E-state index is 14.2. The lowest BCUT2D eigenvalue weighted by atomic mass is 10.1. The van der Waals surface area contributed by atoms with Crippen LogP contribution in [0.25, 0.3) is 22.3 Å². The number of fused-ring (bicyclic) bond motifs is 1. The molecule has 5 aromatic rings. The fourth-order valence-corrected chi connectivity index (χ4v) is 4.58. The largest absolute Gasteiger partial charge is 0.479 e. The molecular formula is C32H25FN4O6. The van der Waals surface area contributed by atoms with Crippen molar-refractivity contribution in [1.29, 1.82) is 5.26 Å². The molecule has 216 valence electrons. The summed E-state index contributed by atoms with van der Waals surface area (Å²) < 4.78 is 26.7. The number of aromatic carboxylic acids is 1. The summed E-state index contributed by atoms with van der Waals surface area (Å²) in [6.45, 7) is -0.102. The fourth-order valence-electron chi connectivity index (χ4n) is 4.58. The lowest BCUT2D eigenvalue weighted by Gasteiger charge is -2.15. The Bertz CT molecular complexity index is 1860. The number of ether oxygens (including phenoxy) is 2. The lowest BCUT2D eigenvalue weighted by Crippen LogP contribution is -2.28. The summed E-state index contributed by atoms with van der Waals surface area (Å²) in [5.74, 6) is -1.90. The summed E-state index contributed by atoms with van der Waals surface area (Å²) in [4.78, 5) is 32.4. The number of hydrogen-bond donors (Lipinski definition) is 2. The van der Waals surface area contributed by atoms with Gasteiger partial charge in [-0.25, -0.2) is 23.9 Å². The maximum absolute atomic E-state index is 14.2. The lowest BCUT2D eigenvalue weighted by molar-refractivity contribution is -0.149. The molecular weight excluding hydrogens is 555 g/mol. The first-order valence-electron chi connectivity index (χ1n) is 13.1. The van der Waals surface area contributed by atoms with E-state index in [2.05, 4.69) is 9.97 Å². The zero-order chi connectivity index (χ0) is 30.5. The second-order valence-electron chi connectivity index (χ2n) is 9.65. The van der Waals surface area contributed by atoms with Crippen LogP contribution in [-0.4, -0.2) is 49.9 Å². The van der Waals surface area contributed by atoms with E-state index < -0.39 is 23.9 Å². The smallest absolute Gasteiger partial charge is 0.335 e. The van der Waals surface area contributed by atoms with Crippen molar-refractivity contribution < 1.29 is 33.7 Å². The van der Waals surface area contributed by atoms with Gasteiger partial charge in [0.15, 0.2) is 6.10 Å². The number of pyridine rings is 1. The van der Waals surface area contributed by atoms with Gasteiger partial charge in [-0.1, -0.05) is 36.4 Å². The Hall–Kier alpha value is -5.60. The number of carboxylic acid groups (broad SMARTS) is 2. The van der Waals surface area contributed by atoms with Crippen LogP contribution < -0.4 is 4.74 Å². The number of aliphatic carboxylic acids is 1. The van der Waals surface area contributed by atoms with Crippen molar-refractivity contribution in [2.45, 2.75) is 25.7 Å². The van der Waals surface area contributed by atoms with Gasteiger partial charge in [-0.05, 0) is 42.0 Å². The summed E-state index contributed by atoms with van der Waals surface area (Å²) in [7, 11) is 1.30. The van der Waals surface area contributed by atoms with E-state index in [4.69, 9.17) is 14.7 Å². The number of hydrogen-bond acceptors (Lipinski definition) is 7. The van der Waals surface area contributed by atoms with Gasteiger partial charge in [-0.3, -0.25) is 0 Å². The normalized spacial score (nSPS) is 11.7. The molecule has 0 fully saturated rings. The van der Waals surface area contributed by atoms with Crippen molar-refractivity contribution in [2.75, 3.05) is 7.11 Å². The molecule has 0 spiro atoms. The van der Waals surface area contributed by atoms with Gasteiger partial charge in [-0.15, -0.1) is 0 Å². The van der Waals surface area contributed by atoms with Gasteiger partial charge in [-0.2, -0.15) is 5.26 Å². The number of carbonyl (C=O) groups is 2. The summed E-state index contributed by atoms with van der Waals surface area (Å²) in [5.41, 5.74) is 3.97. The van der Waals surface area contributed by atoms with Crippen LogP contribution in [0.1, 0.15) is 32.9 Å². The molecule has 43 heavy (non-hydrogen) atoms. The molecule has 1 atom stereocenters. The van der Waals surface area contributed by atoms with Crippen LogP contribution in [-0.2, 0) is 29.1 Å². The number of imidazole rings is 1. The zero-order valence-electron chi connectivity index (χ0n) is 22.9. The minimum Gasteiger partial charge on any atom is -0.479 e. The van der Waals surface area contributed by atoms with Gasteiger partial charge in [0.05, 0.1) is 40.5 Å². The molecule has 2 aromatic heterocycles. The van der Waals surface area contributed by atoms with Crippen molar-refractivity contribution in [3.05, 3.63) is 113 Å². The number of benzene rings is 3. The molecule has 0 aliphatic carbocycles. The van der Waals surface area contributed by atoms with Crippen LogP contribution in [0.5, 0.6) is 5.88 Å². The molecule has 0 bridgehead atoms. The molecule has 11 heteroatoms. The predicted octanol–water partition coefficient (Wildman–Crippen LogP) is 5.08. The summed E-state index contributed by atoms with van der Waals surface area (Å²) in [6, 6.07) is 23.4. The first kappa shape index (κ1) is 28.9. The van der Waals surface area contributed by atoms with E-state index in [1.54, 1.807) is 22.8 Å². The predicted molar refractivity (Wildman–Crippen MR) is 153 cm³/mol. The van der Waals surface area contributed by atoms with E-state index in [0.717, 1.165) is 17.2 Å². The van der Waals surface area contributed by atoms with E-state index in [9.17, 15) is 24.2 Å². The monoisotopic (exact) mass is 580 g/mol. The summed E-state index contributed by atoms with van der Waals surface area (Å²) in [5, 5.41) is 27.9. The number of rotatable bonds is 11. The highest BCUT2D eigenvalue weighted by atomic mass is 19.1. The van der Waals surface area contributed by atoms with Gasteiger partial charge in [0.2, 0.25) is 5.88 Å². The Morgan fingerprint density at radius 3 is 2.49 bits per heavy atom. The van der Waals surface area contributed by atoms with Crippen LogP contribution in [0.15, 0.2) is 78.9 Å². The third kappa shape index (κ3) is 6.50. The minimum atomic E-state index is -1.15. The Labute approximate surface area is 245 Å². The Morgan fingerprint density at radius 1 is 1.02 bits per heavy atom. The van der Waals surface area contributed by atoms with Crippen molar-refractivity contribution in [3.63, 3.8) is 0 Å². The zero-order valence-corrected chi connectivity index (χ0v) is 22.9. The molecule has 2 N–H and O–H groups in total. The number of nitrogens with zero attached hydrogens (tertiary/aromatic N) is 4. The van der Waals surface area contributed by atoms with E-state index in [0.29, 0.717) is 40.4 Å². The highest BCUT2D eigenvalue weighted by molar-refractivity contribution is 5.92. The second kappa shape index (κ2) is 12.5. The van der Waals surface area contributed by atoms with E-state index >= 15 is 0 Å². The molecule has 0 radical (unpaired) electrons. The van der Waals surface area contributed by atoms with Crippen molar-refractivity contribution in [1.82, 2.24) is 14.5 Å². The van der Waals surface area contributed by atoms with Crippen LogP contribution in [0, 0.1) is 17.1 Å².